The van der Waals surface area contributed by atoms with Crippen molar-refractivity contribution in [2.45, 2.75) is 13.1 Å². The first kappa shape index (κ1) is 19.4. The SMILES string of the molecule is COSN(C)Nc1c2c(c(O)c3ncccc13)C(=O)N(Cc1ccc(F)cc1)C2. The molecule has 0 saturated carbocycles. The van der Waals surface area contributed by atoms with Gasteiger partial charge in [-0.25, -0.2) is 4.39 Å². The van der Waals surface area contributed by atoms with Crippen LogP contribution in [0.3, 0.4) is 0 Å². The summed E-state index contributed by atoms with van der Waals surface area (Å²) in [6.07, 6.45) is 1.57. The fourth-order valence-corrected chi connectivity index (χ4v) is 3.86. The Morgan fingerprint density at radius 1 is 1.34 bits per heavy atom. The number of hydrogen-bond acceptors (Lipinski definition) is 7. The minimum absolute atomic E-state index is 0.130. The Hall–Kier alpha value is -2.88. The molecule has 0 saturated heterocycles. The van der Waals surface area contributed by atoms with Crippen LogP contribution in [-0.4, -0.2) is 39.5 Å². The molecule has 3 aromatic rings. The Labute approximate surface area is 171 Å². The molecule has 0 radical (unpaired) electrons. The number of carbonyl (C=O) groups excluding carboxylic acids is 1. The van der Waals surface area contributed by atoms with Gasteiger partial charge in [-0.05, 0) is 29.8 Å². The fourth-order valence-electron chi connectivity index (χ4n) is 3.51. The van der Waals surface area contributed by atoms with Crippen LogP contribution in [0.1, 0.15) is 21.5 Å². The number of nitrogens with zero attached hydrogens (tertiary/aromatic N) is 3. The molecule has 1 amide bonds. The summed E-state index contributed by atoms with van der Waals surface area (Å²) in [6.45, 7) is 0.608. The predicted octanol–water partition coefficient (Wildman–Crippen LogP) is 3.70. The Morgan fingerprint density at radius 3 is 2.83 bits per heavy atom. The number of carbonyl (C=O) groups is 1. The van der Waals surface area contributed by atoms with Gasteiger partial charge in [0.25, 0.3) is 5.91 Å². The van der Waals surface area contributed by atoms with Gasteiger partial charge in [0.05, 0.1) is 18.4 Å². The van der Waals surface area contributed by atoms with Gasteiger partial charge in [0.15, 0.2) is 5.75 Å². The van der Waals surface area contributed by atoms with Crippen LogP contribution >= 0.6 is 12.2 Å². The number of hydrogen-bond donors (Lipinski definition) is 2. The van der Waals surface area contributed by atoms with E-state index in [0.717, 1.165) is 17.8 Å². The molecule has 2 aromatic carbocycles. The summed E-state index contributed by atoms with van der Waals surface area (Å²) in [5.41, 5.74) is 5.96. The Kier molecular flexibility index (Phi) is 5.27. The molecule has 2 heterocycles. The van der Waals surface area contributed by atoms with E-state index in [4.69, 9.17) is 4.18 Å². The van der Waals surface area contributed by atoms with Crippen LogP contribution < -0.4 is 5.43 Å². The largest absolute Gasteiger partial charge is 0.505 e. The van der Waals surface area contributed by atoms with Crippen LogP contribution in [-0.2, 0) is 17.3 Å². The third kappa shape index (κ3) is 3.59. The third-order valence-corrected chi connectivity index (χ3v) is 5.20. The second-order valence-corrected chi connectivity index (χ2v) is 7.65. The summed E-state index contributed by atoms with van der Waals surface area (Å²) >= 11 is 1.10. The Bertz CT molecular complexity index is 1080. The third-order valence-electron chi connectivity index (χ3n) is 4.73. The zero-order chi connectivity index (χ0) is 20.5. The van der Waals surface area contributed by atoms with Gasteiger partial charge >= 0.3 is 0 Å². The predicted molar refractivity (Wildman–Crippen MR) is 109 cm³/mol. The molecule has 4 rings (SSSR count). The second-order valence-electron chi connectivity index (χ2n) is 6.61. The number of benzene rings is 2. The van der Waals surface area contributed by atoms with Crippen molar-refractivity contribution in [3.8, 4) is 5.75 Å². The second kappa shape index (κ2) is 7.86. The number of amides is 1. The maximum Gasteiger partial charge on any atom is 0.258 e. The first-order valence-corrected chi connectivity index (χ1v) is 9.57. The van der Waals surface area contributed by atoms with E-state index in [1.165, 1.54) is 12.1 Å². The molecule has 0 spiro atoms. The smallest absolute Gasteiger partial charge is 0.258 e. The van der Waals surface area contributed by atoms with Crippen LogP contribution in [0, 0.1) is 5.82 Å². The number of rotatable bonds is 6. The number of hydrazine groups is 1. The molecule has 0 aliphatic carbocycles. The summed E-state index contributed by atoms with van der Waals surface area (Å²) in [4.78, 5) is 19.0. The van der Waals surface area contributed by atoms with Crippen LogP contribution in [0.4, 0.5) is 10.1 Å². The molecule has 29 heavy (non-hydrogen) atoms. The van der Waals surface area contributed by atoms with E-state index in [-0.39, 0.29) is 23.0 Å². The van der Waals surface area contributed by atoms with Crippen LogP contribution in [0.15, 0.2) is 42.6 Å². The quantitative estimate of drug-likeness (QED) is 0.276. The highest BCUT2D eigenvalue weighted by Crippen LogP contribution is 2.43. The molecule has 0 unspecified atom stereocenters. The molecule has 7 nitrogen and oxygen atoms in total. The lowest BCUT2D eigenvalue weighted by Gasteiger charge is -2.20. The number of fused-ring (bicyclic) bond motifs is 2. The van der Waals surface area contributed by atoms with Crippen LogP contribution in [0.2, 0.25) is 0 Å². The van der Waals surface area contributed by atoms with Crippen molar-refractivity contribution in [2.24, 2.45) is 0 Å². The average molecular weight is 414 g/mol. The maximum atomic E-state index is 13.2. The van der Waals surface area contributed by atoms with Crippen LogP contribution in [0.5, 0.6) is 5.75 Å². The molecule has 150 valence electrons. The highest BCUT2D eigenvalue weighted by atomic mass is 32.2. The van der Waals surface area contributed by atoms with E-state index in [1.54, 1.807) is 47.9 Å². The van der Waals surface area contributed by atoms with Gasteiger partial charge < -0.3 is 19.6 Å². The summed E-state index contributed by atoms with van der Waals surface area (Å²) in [5.74, 6) is -0.751. The first-order valence-electron chi connectivity index (χ1n) is 8.87. The van der Waals surface area contributed by atoms with Gasteiger partial charge in [-0.1, -0.05) is 12.1 Å². The zero-order valence-electron chi connectivity index (χ0n) is 15.8. The van der Waals surface area contributed by atoms with Gasteiger partial charge in [0, 0.05) is 37.3 Å². The summed E-state index contributed by atoms with van der Waals surface area (Å²) in [7, 11) is 3.33. The molecule has 0 fully saturated rings. The number of halogens is 1. The van der Waals surface area contributed by atoms with E-state index in [9.17, 15) is 14.3 Å². The average Bonchev–Trinajstić information content (AvgIpc) is 3.03. The van der Waals surface area contributed by atoms with E-state index in [1.807, 2.05) is 6.07 Å². The molecular weight excluding hydrogens is 395 g/mol. The molecule has 2 N–H and O–H groups in total. The molecular formula is C20H19FN4O3S. The lowest BCUT2D eigenvalue weighted by Crippen LogP contribution is -2.23. The summed E-state index contributed by atoms with van der Waals surface area (Å²) in [6, 6.07) is 9.63. The summed E-state index contributed by atoms with van der Waals surface area (Å²) < 4.78 is 19.9. The molecule has 1 aliphatic heterocycles. The van der Waals surface area contributed by atoms with E-state index < -0.39 is 0 Å². The van der Waals surface area contributed by atoms with Gasteiger partial charge in [-0.2, -0.15) is 0 Å². The maximum absolute atomic E-state index is 13.2. The van der Waals surface area contributed by atoms with Crippen LogP contribution in [0.25, 0.3) is 10.9 Å². The fraction of sp³-hybridized carbons (Fsp3) is 0.200. The summed E-state index contributed by atoms with van der Waals surface area (Å²) in [5, 5.41) is 11.5. The van der Waals surface area contributed by atoms with Crippen molar-refractivity contribution in [3.05, 3.63) is 65.1 Å². The van der Waals surface area contributed by atoms with Crippen molar-refractivity contribution in [2.75, 3.05) is 19.6 Å². The Morgan fingerprint density at radius 2 is 2.10 bits per heavy atom. The van der Waals surface area contributed by atoms with E-state index in [0.29, 0.717) is 35.2 Å². The monoisotopic (exact) mass is 414 g/mol. The minimum atomic E-state index is -0.329. The van der Waals surface area contributed by atoms with Gasteiger partial charge in [0.1, 0.15) is 23.6 Å². The number of anilines is 1. The lowest BCUT2D eigenvalue weighted by atomic mass is 10.0. The number of pyridine rings is 1. The molecule has 1 aromatic heterocycles. The van der Waals surface area contributed by atoms with Gasteiger partial charge in [-0.15, -0.1) is 4.41 Å². The van der Waals surface area contributed by atoms with Crippen molar-refractivity contribution in [3.63, 3.8) is 0 Å². The number of phenolic OH excluding ortho intramolecular Hbond substituents is 1. The number of aromatic nitrogens is 1. The highest BCUT2D eigenvalue weighted by molar-refractivity contribution is 7.92. The molecule has 1 aliphatic rings. The zero-order valence-corrected chi connectivity index (χ0v) is 16.7. The molecule has 0 atom stereocenters. The van der Waals surface area contributed by atoms with Crippen molar-refractivity contribution in [1.82, 2.24) is 14.3 Å². The molecule has 9 heteroatoms. The normalized spacial score (nSPS) is 13.4. The Balaban J connectivity index is 1.77. The molecule has 0 bridgehead atoms. The van der Waals surface area contributed by atoms with Crippen molar-refractivity contribution < 1.29 is 18.5 Å². The number of nitrogens with one attached hydrogen (secondary N) is 1. The van der Waals surface area contributed by atoms with Gasteiger partial charge in [-0.3, -0.25) is 9.78 Å². The first-order chi connectivity index (χ1) is 14.0. The number of aromatic hydroxyl groups is 1. The lowest BCUT2D eigenvalue weighted by molar-refractivity contribution is 0.0764. The van der Waals surface area contributed by atoms with E-state index in [2.05, 4.69) is 10.4 Å². The standard InChI is InChI=1S/C20H19FN4O3S/c1-24(29-28-2)23-17-14-4-3-9-22-18(14)19(26)16-15(17)11-25(20(16)27)10-12-5-7-13(21)8-6-12/h3-9,23,26H,10-11H2,1-2H3. The number of phenols is 1. The minimum Gasteiger partial charge on any atom is -0.505 e. The van der Waals surface area contributed by atoms with Gasteiger partial charge in [0.2, 0.25) is 0 Å². The highest BCUT2D eigenvalue weighted by Gasteiger charge is 2.35. The van der Waals surface area contributed by atoms with Crippen molar-refractivity contribution >= 4 is 34.7 Å². The van der Waals surface area contributed by atoms with Crippen molar-refractivity contribution in [1.29, 1.82) is 0 Å². The topological polar surface area (TPSA) is 77.9 Å². The van der Waals surface area contributed by atoms with E-state index >= 15 is 0 Å².